The number of carbonyl (C=O) groups excluding carboxylic acids is 2. The van der Waals surface area contributed by atoms with Crippen LogP contribution in [0.5, 0.6) is 5.75 Å². The first-order valence-electron chi connectivity index (χ1n) is 10.7. The predicted octanol–water partition coefficient (Wildman–Crippen LogP) is 2.57. The number of ether oxygens (including phenoxy) is 3. The molecule has 2 aromatic carbocycles. The first-order valence-corrected chi connectivity index (χ1v) is 12.2. The average Bonchev–Trinajstić information content (AvgIpc) is 2.81. The van der Waals surface area contributed by atoms with E-state index in [0.717, 1.165) is 12.1 Å². The molecule has 0 spiro atoms. The van der Waals surface area contributed by atoms with Crippen LogP contribution >= 0.6 is 0 Å². The quantitative estimate of drug-likeness (QED) is 0.639. The van der Waals surface area contributed by atoms with Gasteiger partial charge < -0.3 is 19.1 Å². The number of nitrogens with one attached hydrogen (secondary N) is 1. The average molecular weight is 493 g/mol. The Morgan fingerprint density at radius 2 is 2.00 bits per heavy atom. The van der Waals surface area contributed by atoms with Crippen LogP contribution in [0.1, 0.15) is 29.6 Å². The van der Waals surface area contributed by atoms with Crippen LogP contribution in [0, 0.1) is 5.82 Å². The highest BCUT2D eigenvalue weighted by molar-refractivity contribution is 7.92. The Morgan fingerprint density at radius 3 is 2.74 bits per heavy atom. The number of halogens is 1. The summed E-state index contributed by atoms with van der Waals surface area (Å²) in [5, 5.41) is 0. The van der Waals surface area contributed by atoms with E-state index in [0.29, 0.717) is 12.8 Å². The van der Waals surface area contributed by atoms with Crippen molar-refractivity contribution in [3.63, 3.8) is 0 Å². The van der Waals surface area contributed by atoms with Gasteiger partial charge in [-0.15, -0.1) is 0 Å². The molecule has 1 amide bonds. The van der Waals surface area contributed by atoms with Gasteiger partial charge in [0.2, 0.25) is 0 Å². The lowest BCUT2D eigenvalue weighted by Gasteiger charge is -2.42. The van der Waals surface area contributed by atoms with Gasteiger partial charge in [0.1, 0.15) is 29.2 Å². The van der Waals surface area contributed by atoms with Gasteiger partial charge in [-0.3, -0.25) is 14.3 Å². The number of hydrogen-bond donors (Lipinski definition) is 1. The normalized spacial score (nSPS) is 22.5. The molecule has 0 aromatic heterocycles. The van der Waals surface area contributed by atoms with Gasteiger partial charge in [0.05, 0.1) is 31.2 Å². The van der Waals surface area contributed by atoms with Gasteiger partial charge in [-0.2, -0.15) is 0 Å². The molecule has 0 saturated carbocycles. The van der Waals surface area contributed by atoms with Crippen LogP contribution in [0.3, 0.4) is 0 Å². The minimum atomic E-state index is -4.20. The Kier molecular flexibility index (Phi) is 6.76. The SMILES string of the molecule is COC(=O)C[C@@H]1CC[C@@H]2[C@@H](COc3ccc(NS(=O)(=O)c4ccccc4F)cc3C(=O)N2C)O1. The number of anilines is 1. The van der Waals surface area contributed by atoms with E-state index in [4.69, 9.17) is 14.2 Å². The van der Waals surface area contributed by atoms with Crippen molar-refractivity contribution in [1.82, 2.24) is 4.90 Å². The summed E-state index contributed by atoms with van der Waals surface area (Å²) in [7, 11) is -1.24. The van der Waals surface area contributed by atoms with E-state index in [9.17, 15) is 22.4 Å². The van der Waals surface area contributed by atoms with E-state index in [1.807, 2.05) is 0 Å². The molecule has 0 aliphatic carbocycles. The van der Waals surface area contributed by atoms with Gasteiger partial charge in [0, 0.05) is 12.7 Å². The molecule has 2 aromatic rings. The highest BCUT2D eigenvalue weighted by Crippen LogP contribution is 2.33. The highest BCUT2D eigenvalue weighted by Gasteiger charge is 2.39. The number of carbonyl (C=O) groups is 2. The number of amides is 1. The largest absolute Gasteiger partial charge is 0.490 e. The zero-order valence-electron chi connectivity index (χ0n) is 18.7. The van der Waals surface area contributed by atoms with Crippen molar-refractivity contribution in [1.29, 1.82) is 0 Å². The minimum Gasteiger partial charge on any atom is -0.490 e. The maximum absolute atomic E-state index is 14.0. The number of esters is 1. The van der Waals surface area contributed by atoms with Crippen LogP contribution in [0.25, 0.3) is 0 Å². The molecule has 1 fully saturated rings. The Balaban J connectivity index is 1.56. The summed E-state index contributed by atoms with van der Waals surface area (Å²) in [6.45, 7) is 0.146. The smallest absolute Gasteiger partial charge is 0.308 e. The maximum atomic E-state index is 14.0. The topological polar surface area (TPSA) is 111 Å². The van der Waals surface area contributed by atoms with E-state index in [1.165, 1.54) is 37.4 Å². The first-order chi connectivity index (χ1) is 16.2. The summed E-state index contributed by atoms with van der Waals surface area (Å²) in [5.74, 6) is -1.35. The monoisotopic (exact) mass is 492 g/mol. The summed E-state index contributed by atoms with van der Waals surface area (Å²) < 4.78 is 58.2. The standard InChI is InChI=1S/C23H25FN2O7S/c1-26-18-9-8-15(12-22(27)31-2)33-20(18)13-32-19-10-7-14(11-16(19)23(26)28)25-34(29,30)21-6-4-3-5-17(21)24/h3-7,10-11,15,18,20,25H,8-9,12-13H2,1-2H3/t15-,18+,20+/m0/s1. The molecule has 4 rings (SSSR count). The lowest BCUT2D eigenvalue weighted by molar-refractivity contribution is -0.151. The van der Waals surface area contributed by atoms with Gasteiger partial charge in [-0.05, 0) is 43.2 Å². The van der Waals surface area contributed by atoms with Crippen molar-refractivity contribution in [3.05, 3.63) is 53.8 Å². The van der Waals surface area contributed by atoms with Gasteiger partial charge in [-0.25, -0.2) is 12.8 Å². The van der Waals surface area contributed by atoms with Crippen LogP contribution in [0.2, 0.25) is 0 Å². The van der Waals surface area contributed by atoms with Crippen molar-refractivity contribution in [3.8, 4) is 5.75 Å². The number of benzene rings is 2. The summed E-state index contributed by atoms with van der Waals surface area (Å²) in [4.78, 5) is 25.9. The molecule has 2 aliphatic heterocycles. The van der Waals surface area contributed by atoms with Crippen molar-refractivity contribution < 1.29 is 36.6 Å². The fourth-order valence-corrected chi connectivity index (χ4v) is 5.36. The van der Waals surface area contributed by atoms with Crippen LogP contribution < -0.4 is 9.46 Å². The van der Waals surface area contributed by atoms with E-state index < -0.39 is 26.8 Å². The third-order valence-electron chi connectivity index (χ3n) is 6.01. The zero-order chi connectivity index (χ0) is 24.5. The molecule has 2 aliphatic rings. The molecule has 1 N–H and O–H groups in total. The fraction of sp³-hybridized carbons (Fsp3) is 0.391. The predicted molar refractivity (Wildman–Crippen MR) is 120 cm³/mol. The van der Waals surface area contributed by atoms with Gasteiger partial charge in [-0.1, -0.05) is 12.1 Å². The summed E-state index contributed by atoms with van der Waals surface area (Å²) in [5.41, 5.74) is 0.272. The Bertz CT molecular complexity index is 1200. The minimum absolute atomic E-state index is 0.0995. The number of nitrogens with zero attached hydrogens (tertiary/aromatic N) is 1. The third-order valence-corrected chi connectivity index (χ3v) is 7.43. The number of hydrogen-bond acceptors (Lipinski definition) is 7. The molecule has 0 bridgehead atoms. The second-order valence-corrected chi connectivity index (χ2v) is 9.85. The summed E-state index contributed by atoms with van der Waals surface area (Å²) in [6.07, 6.45) is 0.537. The third kappa shape index (κ3) is 4.85. The molecule has 1 saturated heterocycles. The Hall–Kier alpha value is -3.18. The maximum Gasteiger partial charge on any atom is 0.308 e. The molecule has 11 heteroatoms. The molecule has 0 radical (unpaired) electrons. The number of rotatable bonds is 5. The molecule has 2 heterocycles. The van der Waals surface area contributed by atoms with E-state index in [-0.39, 0.29) is 54.1 Å². The molecule has 0 unspecified atom stereocenters. The number of fused-ring (bicyclic) bond motifs is 2. The van der Waals surface area contributed by atoms with Crippen molar-refractivity contribution in [2.75, 3.05) is 25.5 Å². The number of likely N-dealkylation sites (N-methyl/N-ethyl adjacent to an activating group) is 1. The molecule has 34 heavy (non-hydrogen) atoms. The molecular formula is C23H25FN2O7S. The summed E-state index contributed by atoms with van der Waals surface area (Å²) in [6, 6.07) is 9.03. The molecule has 182 valence electrons. The second kappa shape index (κ2) is 9.59. The van der Waals surface area contributed by atoms with Gasteiger partial charge in [0.15, 0.2) is 0 Å². The Morgan fingerprint density at radius 1 is 1.24 bits per heavy atom. The summed E-state index contributed by atoms with van der Waals surface area (Å²) >= 11 is 0. The molecule has 9 nitrogen and oxygen atoms in total. The van der Waals surface area contributed by atoms with E-state index in [1.54, 1.807) is 11.9 Å². The van der Waals surface area contributed by atoms with Crippen LogP contribution in [-0.4, -0.2) is 64.2 Å². The van der Waals surface area contributed by atoms with Crippen LogP contribution in [-0.2, 0) is 24.3 Å². The van der Waals surface area contributed by atoms with Crippen molar-refractivity contribution in [2.24, 2.45) is 0 Å². The number of sulfonamides is 1. The highest BCUT2D eigenvalue weighted by atomic mass is 32.2. The lowest BCUT2D eigenvalue weighted by Crippen LogP contribution is -2.53. The lowest BCUT2D eigenvalue weighted by atomic mass is 9.94. The van der Waals surface area contributed by atoms with Gasteiger partial charge >= 0.3 is 5.97 Å². The molecule has 3 atom stereocenters. The number of methoxy groups -OCH3 is 1. The zero-order valence-corrected chi connectivity index (χ0v) is 19.5. The van der Waals surface area contributed by atoms with Crippen molar-refractivity contribution in [2.45, 2.75) is 42.4 Å². The van der Waals surface area contributed by atoms with Crippen molar-refractivity contribution >= 4 is 27.6 Å². The van der Waals surface area contributed by atoms with Crippen LogP contribution in [0.4, 0.5) is 10.1 Å². The second-order valence-electron chi connectivity index (χ2n) is 8.20. The molecular weight excluding hydrogens is 467 g/mol. The first kappa shape index (κ1) is 24.0. The van der Waals surface area contributed by atoms with Gasteiger partial charge in [0.25, 0.3) is 15.9 Å². The fourth-order valence-electron chi connectivity index (χ4n) is 4.23. The van der Waals surface area contributed by atoms with E-state index >= 15 is 0 Å². The van der Waals surface area contributed by atoms with E-state index in [2.05, 4.69) is 4.72 Å². The Labute approximate surface area is 196 Å². The van der Waals surface area contributed by atoms with Crippen LogP contribution in [0.15, 0.2) is 47.4 Å².